The maximum Gasteiger partial charge on any atom is 0.335 e. The van der Waals surface area contributed by atoms with Crippen molar-refractivity contribution in [3.8, 4) is 0 Å². The van der Waals surface area contributed by atoms with Gasteiger partial charge in [-0.2, -0.15) is 0 Å². The molecule has 0 atom stereocenters. The number of barbiturate groups is 1. The van der Waals surface area contributed by atoms with Crippen molar-refractivity contribution in [3.05, 3.63) is 82.4 Å². The maximum absolute atomic E-state index is 12.7. The Labute approximate surface area is 155 Å². The molecule has 0 radical (unpaired) electrons. The summed E-state index contributed by atoms with van der Waals surface area (Å²) in [4.78, 5) is 37.8. The molecule has 1 fully saturated rings. The van der Waals surface area contributed by atoms with Crippen molar-refractivity contribution in [3.63, 3.8) is 0 Å². The van der Waals surface area contributed by atoms with E-state index in [0.717, 1.165) is 16.0 Å². The first-order chi connectivity index (χ1) is 12.5. The third-order valence-corrected chi connectivity index (χ3v) is 4.27. The van der Waals surface area contributed by atoms with Gasteiger partial charge in [0.15, 0.2) is 0 Å². The Hall–Kier alpha value is -3.18. The van der Waals surface area contributed by atoms with Crippen LogP contribution in [0, 0.1) is 6.92 Å². The van der Waals surface area contributed by atoms with Gasteiger partial charge in [0.1, 0.15) is 5.57 Å². The molecule has 3 rings (SSSR count). The minimum atomic E-state index is -0.802. The second kappa shape index (κ2) is 7.37. The van der Waals surface area contributed by atoms with Gasteiger partial charge in [0.05, 0.1) is 5.69 Å². The van der Waals surface area contributed by atoms with Crippen LogP contribution in [0.5, 0.6) is 0 Å². The summed E-state index contributed by atoms with van der Waals surface area (Å²) in [5.41, 5.74) is 1.91. The molecule has 2 aromatic rings. The van der Waals surface area contributed by atoms with Crippen LogP contribution in [0.2, 0.25) is 5.02 Å². The SMILES string of the molecule is Cc1ccc(N2C(=O)NC(=O)C(=CC=Cc3ccccc3)C2=O)cc1Cl. The molecule has 0 unspecified atom stereocenters. The molecule has 0 bridgehead atoms. The predicted molar refractivity (Wildman–Crippen MR) is 101 cm³/mol. The van der Waals surface area contributed by atoms with Gasteiger partial charge in [-0.05, 0) is 36.3 Å². The fourth-order valence-corrected chi connectivity index (χ4v) is 2.63. The molecule has 0 aliphatic carbocycles. The van der Waals surface area contributed by atoms with Crippen molar-refractivity contribution in [2.75, 3.05) is 4.90 Å². The Morgan fingerprint density at radius 3 is 2.46 bits per heavy atom. The summed E-state index contributed by atoms with van der Waals surface area (Å²) in [5.74, 6) is -1.43. The number of benzene rings is 2. The second-order valence-electron chi connectivity index (χ2n) is 5.68. The highest BCUT2D eigenvalue weighted by molar-refractivity contribution is 6.38. The maximum atomic E-state index is 12.7. The molecule has 1 saturated heterocycles. The van der Waals surface area contributed by atoms with Crippen molar-refractivity contribution in [2.24, 2.45) is 0 Å². The highest BCUT2D eigenvalue weighted by Crippen LogP contribution is 2.26. The fourth-order valence-electron chi connectivity index (χ4n) is 2.45. The molecular weight excluding hydrogens is 352 g/mol. The summed E-state index contributed by atoms with van der Waals surface area (Å²) in [6.07, 6.45) is 4.75. The van der Waals surface area contributed by atoms with Crippen molar-refractivity contribution < 1.29 is 14.4 Å². The van der Waals surface area contributed by atoms with E-state index in [9.17, 15) is 14.4 Å². The summed E-state index contributed by atoms with van der Waals surface area (Å²) in [5, 5.41) is 2.60. The lowest BCUT2D eigenvalue weighted by Gasteiger charge is -2.26. The van der Waals surface area contributed by atoms with Gasteiger partial charge >= 0.3 is 6.03 Å². The number of amides is 4. The van der Waals surface area contributed by atoms with Gasteiger partial charge in [-0.1, -0.05) is 60.2 Å². The van der Waals surface area contributed by atoms with E-state index in [2.05, 4.69) is 5.32 Å². The number of aryl methyl sites for hydroxylation is 1. The molecule has 1 aliphatic heterocycles. The van der Waals surface area contributed by atoms with Crippen LogP contribution in [0.3, 0.4) is 0 Å². The van der Waals surface area contributed by atoms with Crippen LogP contribution < -0.4 is 10.2 Å². The van der Waals surface area contributed by atoms with E-state index < -0.39 is 17.8 Å². The van der Waals surface area contributed by atoms with Crippen LogP contribution in [0.1, 0.15) is 11.1 Å². The van der Waals surface area contributed by atoms with Gasteiger partial charge in [0.2, 0.25) is 0 Å². The molecule has 4 amide bonds. The van der Waals surface area contributed by atoms with Crippen molar-refractivity contribution >= 4 is 41.2 Å². The largest absolute Gasteiger partial charge is 0.335 e. The monoisotopic (exact) mass is 366 g/mol. The summed E-state index contributed by atoms with van der Waals surface area (Å²) in [6.45, 7) is 1.81. The molecule has 130 valence electrons. The normalized spacial score (nSPS) is 16.5. The Morgan fingerprint density at radius 2 is 1.77 bits per heavy atom. The van der Waals surface area contributed by atoms with E-state index in [-0.39, 0.29) is 5.57 Å². The lowest BCUT2D eigenvalue weighted by molar-refractivity contribution is -0.122. The second-order valence-corrected chi connectivity index (χ2v) is 6.09. The average Bonchev–Trinajstić information content (AvgIpc) is 2.61. The lowest BCUT2D eigenvalue weighted by atomic mass is 10.1. The molecule has 5 nitrogen and oxygen atoms in total. The predicted octanol–water partition coefficient (Wildman–Crippen LogP) is 3.87. The topological polar surface area (TPSA) is 66.5 Å². The first-order valence-corrected chi connectivity index (χ1v) is 8.24. The standard InChI is InChI=1S/C20H15ClN2O3/c1-13-10-11-15(12-17(13)21)23-19(25)16(18(24)22-20(23)26)9-5-8-14-6-3-2-4-7-14/h2-12H,1H3,(H,22,24,26). The van der Waals surface area contributed by atoms with Crippen molar-refractivity contribution in [1.29, 1.82) is 0 Å². The zero-order valence-electron chi connectivity index (χ0n) is 13.9. The molecular formula is C20H15ClN2O3. The number of rotatable bonds is 3. The van der Waals surface area contributed by atoms with Gasteiger partial charge in [-0.3, -0.25) is 14.9 Å². The number of halogens is 1. The number of allylic oxidation sites excluding steroid dienone is 2. The smallest absolute Gasteiger partial charge is 0.273 e. The first kappa shape index (κ1) is 17.6. The van der Waals surface area contributed by atoms with Crippen LogP contribution in [0.15, 0.2) is 66.3 Å². The molecule has 1 aliphatic rings. The summed E-state index contributed by atoms with van der Waals surface area (Å²) >= 11 is 6.08. The van der Waals surface area contributed by atoms with Crippen molar-refractivity contribution in [1.82, 2.24) is 5.32 Å². The zero-order chi connectivity index (χ0) is 18.7. The van der Waals surface area contributed by atoms with E-state index >= 15 is 0 Å². The average molecular weight is 367 g/mol. The molecule has 1 heterocycles. The minimum Gasteiger partial charge on any atom is -0.273 e. The van der Waals surface area contributed by atoms with Gasteiger partial charge in [-0.15, -0.1) is 0 Å². The lowest BCUT2D eigenvalue weighted by Crippen LogP contribution is -2.54. The number of urea groups is 1. The number of anilines is 1. The van der Waals surface area contributed by atoms with E-state index in [1.165, 1.54) is 12.1 Å². The number of nitrogens with one attached hydrogen (secondary N) is 1. The summed E-state index contributed by atoms with van der Waals surface area (Å²) in [6, 6.07) is 13.5. The van der Waals surface area contributed by atoms with Crippen LogP contribution in [-0.2, 0) is 9.59 Å². The minimum absolute atomic E-state index is 0.131. The Bertz CT molecular complexity index is 949. The van der Waals surface area contributed by atoms with Crippen LogP contribution in [0.4, 0.5) is 10.5 Å². The molecule has 2 aromatic carbocycles. The number of carbonyl (C=O) groups is 3. The zero-order valence-corrected chi connectivity index (χ0v) is 14.7. The van der Waals surface area contributed by atoms with Crippen molar-refractivity contribution in [2.45, 2.75) is 6.92 Å². The number of carbonyl (C=O) groups excluding carboxylic acids is 3. The fraction of sp³-hybridized carbons (Fsp3) is 0.0500. The van der Waals surface area contributed by atoms with Gasteiger partial charge in [0.25, 0.3) is 11.8 Å². The van der Waals surface area contributed by atoms with E-state index in [1.54, 1.807) is 24.3 Å². The molecule has 0 spiro atoms. The quantitative estimate of drug-likeness (QED) is 0.662. The molecule has 1 N–H and O–H groups in total. The molecule has 0 saturated carbocycles. The van der Waals surface area contributed by atoms with Crippen LogP contribution in [-0.4, -0.2) is 17.8 Å². The number of imide groups is 2. The molecule has 0 aromatic heterocycles. The Morgan fingerprint density at radius 1 is 1.04 bits per heavy atom. The van der Waals surface area contributed by atoms with Gasteiger partial charge in [0, 0.05) is 5.02 Å². The highest BCUT2D eigenvalue weighted by Gasteiger charge is 2.36. The van der Waals surface area contributed by atoms with Crippen LogP contribution >= 0.6 is 11.6 Å². The number of hydrogen-bond donors (Lipinski definition) is 1. The number of nitrogens with zero attached hydrogens (tertiary/aromatic N) is 1. The third-order valence-electron chi connectivity index (χ3n) is 3.87. The van der Waals surface area contributed by atoms with Crippen LogP contribution in [0.25, 0.3) is 6.08 Å². The number of hydrogen-bond acceptors (Lipinski definition) is 3. The highest BCUT2D eigenvalue weighted by atomic mass is 35.5. The summed E-state index contributed by atoms with van der Waals surface area (Å²) in [7, 11) is 0. The van der Waals surface area contributed by atoms with E-state index in [0.29, 0.717) is 10.7 Å². The Kier molecular flexibility index (Phi) is 5.00. The molecule has 6 heteroatoms. The Balaban J connectivity index is 1.91. The summed E-state index contributed by atoms with van der Waals surface area (Å²) < 4.78 is 0. The van der Waals surface area contributed by atoms with Gasteiger partial charge < -0.3 is 0 Å². The molecule has 26 heavy (non-hydrogen) atoms. The van der Waals surface area contributed by atoms with E-state index in [1.807, 2.05) is 37.3 Å². The van der Waals surface area contributed by atoms with E-state index in [4.69, 9.17) is 11.6 Å². The van der Waals surface area contributed by atoms with Gasteiger partial charge in [-0.25, -0.2) is 9.69 Å². The third kappa shape index (κ3) is 3.58. The first-order valence-electron chi connectivity index (χ1n) is 7.86.